The number of carbonyl (C=O) groups excluding carboxylic acids is 1. The predicted molar refractivity (Wildman–Crippen MR) is 48.3 cm³/mol. The molecular formula is C10H10O3. The number of hydrogen-bond acceptors (Lipinski definition) is 2. The molecule has 0 aromatic heterocycles. The molecule has 0 amide bonds. The van der Waals surface area contributed by atoms with Crippen molar-refractivity contribution in [3.8, 4) is 0 Å². The maximum atomic E-state index is 10.7. The summed E-state index contributed by atoms with van der Waals surface area (Å²) in [5.74, 6) is -0.996. The summed E-state index contributed by atoms with van der Waals surface area (Å²) in [5.41, 5.74) is 2.13. The molecule has 3 heteroatoms. The lowest BCUT2D eigenvalue weighted by molar-refractivity contribution is 0.0696. The molecule has 0 aliphatic heterocycles. The molecule has 1 N–H and O–H groups in total. The van der Waals surface area contributed by atoms with Crippen LogP contribution in [0.15, 0.2) is 12.1 Å². The first kappa shape index (κ1) is 9.45. The van der Waals surface area contributed by atoms with Gasteiger partial charge in [0.2, 0.25) is 0 Å². The van der Waals surface area contributed by atoms with Crippen LogP contribution < -0.4 is 0 Å². The van der Waals surface area contributed by atoms with Crippen molar-refractivity contribution in [3.63, 3.8) is 0 Å². The number of carbonyl (C=O) groups is 2. The Kier molecular flexibility index (Phi) is 2.46. The SMILES string of the molecule is Cc1cc(C=O)cc(C(=O)O)c1C. The van der Waals surface area contributed by atoms with E-state index in [1.54, 1.807) is 19.9 Å². The average Bonchev–Trinajstić information content (AvgIpc) is 2.09. The van der Waals surface area contributed by atoms with Gasteiger partial charge < -0.3 is 5.11 Å². The lowest BCUT2D eigenvalue weighted by atomic mass is 10.0. The van der Waals surface area contributed by atoms with Gasteiger partial charge in [-0.1, -0.05) is 0 Å². The topological polar surface area (TPSA) is 54.4 Å². The monoisotopic (exact) mass is 178 g/mol. The van der Waals surface area contributed by atoms with Crippen LogP contribution in [0.2, 0.25) is 0 Å². The number of benzene rings is 1. The summed E-state index contributed by atoms with van der Waals surface area (Å²) in [5, 5.41) is 8.79. The first-order valence-electron chi connectivity index (χ1n) is 3.86. The number of hydrogen-bond donors (Lipinski definition) is 1. The summed E-state index contributed by atoms with van der Waals surface area (Å²) in [6.07, 6.45) is 0.652. The van der Waals surface area contributed by atoms with E-state index in [1.165, 1.54) is 6.07 Å². The largest absolute Gasteiger partial charge is 0.478 e. The summed E-state index contributed by atoms with van der Waals surface area (Å²) in [6.45, 7) is 3.52. The Morgan fingerprint density at radius 2 is 2.00 bits per heavy atom. The molecule has 0 heterocycles. The number of rotatable bonds is 2. The molecule has 1 aromatic carbocycles. The maximum Gasteiger partial charge on any atom is 0.335 e. The van der Waals surface area contributed by atoms with Gasteiger partial charge in [-0.25, -0.2) is 4.79 Å². The fraction of sp³-hybridized carbons (Fsp3) is 0.200. The Balaban J connectivity index is 3.41. The van der Waals surface area contributed by atoms with Gasteiger partial charge in [0.05, 0.1) is 5.56 Å². The molecule has 0 spiro atoms. The Labute approximate surface area is 76.0 Å². The van der Waals surface area contributed by atoms with Crippen molar-refractivity contribution in [2.24, 2.45) is 0 Å². The second-order valence-corrected chi connectivity index (χ2v) is 2.93. The van der Waals surface area contributed by atoms with Gasteiger partial charge in [-0.05, 0) is 37.1 Å². The second kappa shape index (κ2) is 3.39. The fourth-order valence-corrected chi connectivity index (χ4v) is 1.18. The van der Waals surface area contributed by atoms with Crippen molar-refractivity contribution in [3.05, 3.63) is 34.4 Å². The highest BCUT2D eigenvalue weighted by Gasteiger charge is 2.09. The summed E-state index contributed by atoms with van der Waals surface area (Å²) >= 11 is 0. The van der Waals surface area contributed by atoms with Crippen LogP contribution in [-0.2, 0) is 0 Å². The number of carboxylic acid groups (broad SMARTS) is 1. The maximum absolute atomic E-state index is 10.7. The molecule has 13 heavy (non-hydrogen) atoms. The van der Waals surface area contributed by atoms with Crippen molar-refractivity contribution in [1.29, 1.82) is 0 Å². The van der Waals surface area contributed by atoms with Crippen LogP contribution in [0.4, 0.5) is 0 Å². The summed E-state index contributed by atoms with van der Waals surface area (Å²) in [7, 11) is 0. The van der Waals surface area contributed by atoms with Crippen LogP contribution in [0, 0.1) is 13.8 Å². The summed E-state index contributed by atoms with van der Waals surface area (Å²) in [6, 6.07) is 3.06. The molecule has 0 fully saturated rings. The first-order valence-corrected chi connectivity index (χ1v) is 3.86. The van der Waals surface area contributed by atoms with Crippen LogP contribution in [0.3, 0.4) is 0 Å². The van der Waals surface area contributed by atoms with E-state index in [4.69, 9.17) is 5.11 Å². The molecule has 0 atom stereocenters. The number of aromatic carboxylic acids is 1. The Morgan fingerprint density at radius 1 is 1.38 bits per heavy atom. The van der Waals surface area contributed by atoms with Crippen molar-refractivity contribution in [2.45, 2.75) is 13.8 Å². The van der Waals surface area contributed by atoms with E-state index in [2.05, 4.69) is 0 Å². The van der Waals surface area contributed by atoms with Gasteiger partial charge in [0.25, 0.3) is 0 Å². The zero-order chi connectivity index (χ0) is 10.0. The highest BCUT2D eigenvalue weighted by atomic mass is 16.4. The van der Waals surface area contributed by atoms with Crippen LogP contribution in [0.25, 0.3) is 0 Å². The quantitative estimate of drug-likeness (QED) is 0.702. The van der Waals surface area contributed by atoms with Gasteiger partial charge >= 0.3 is 5.97 Å². The molecule has 0 aliphatic rings. The molecule has 3 nitrogen and oxygen atoms in total. The first-order chi connectivity index (χ1) is 6.06. The van der Waals surface area contributed by atoms with Gasteiger partial charge in [-0.2, -0.15) is 0 Å². The van der Waals surface area contributed by atoms with Gasteiger partial charge in [0.1, 0.15) is 6.29 Å². The number of carboxylic acids is 1. The van der Waals surface area contributed by atoms with E-state index in [9.17, 15) is 9.59 Å². The Hall–Kier alpha value is -1.64. The van der Waals surface area contributed by atoms with Crippen LogP contribution in [-0.4, -0.2) is 17.4 Å². The third kappa shape index (κ3) is 1.75. The highest BCUT2D eigenvalue weighted by Crippen LogP contribution is 2.15. The third-order valence-electron chi connectivity index (χ3n) is 2.06. The minimum atomic E-state index is -0.996. The molecule has 0 saturated carbocycles. The molecule has 0 aliphatic carbocycles. The van der Waals surface area contributed by atoms with Gasteiger partial charge in [0.15, 0.2) is 0 Å². The van der Waals surface area contributed by atoms with E-state index in [0.717, 1.165) is 5.56 Å². The van der Waals surface area contributed by atoms with E-state index in [-0.39, 0.29) is 5.56 Å². The van der Waals surface area contributed by atoms with E-state index < -0.39 is 5.97 Å². The van der Waals surface area contributed by atoms with Crippen LogP contribution >= 0.6 is 0 Å². The van der Waals surface area contributed by atoms with Crippen molar-refractivity contribution in [1.82, 2.24) is 0 Å². The summed E-state index contributed by atoms with van der Waals surface area (Å²) < 4.78 is 0. The molecule has 0 saturated heterocycles. The van der Waals surface area contributed by atoms with E-state index >= 15 is 0 Å². The van der Waals surface area contributed by atoms with Crippen LogP contribution in [0.1, 0.15) is 31.8 Å². The number of aldehydes is 1. The minimum absolute atomic E-state index is 0.196. The molecule has 1 rings (SSSR count). The molecule has 1 aromatic rings. The Bertz CT molecular complexity index is 367. The normalized spacial score (nSPS) is 9.69. The van der Waals surface area contributed by atoms with Crippen molar-refractivity contribution in [2.75, 3.05) is 0 Å². The van der Waals surface area contributed by atoms with Gasteiger partial charge in [-0.15, -0.1) is 0 Å². The zero-order valence-corrected chi connectivity index (χ0v) is 7.50. The lowest BCUT2D eigenvalue weighted by Crippen LogP contribution is -2.02. The minimum Gasteiger partial charge on any atom is -0.478 e. The van der Waals surface area contributed by atoms with Crippen LogP contribution in [0.5, 0.6) is 0 Å². The molecular weight excluding hydrogens is 168 g/mol. The van der Waals surface area contributed by atoms with E-state index in [1.807, 2.05) is 0 Å². The lowest BCUT2D eigenvalue weighted by Gasteiger charge is -2.05. The average molecular weight is 178 g/mol. The predicted octanol–water partition coefficient (Wildman–Crippen LogP) is 1.81. The Morgan fingerprint density at radius 3 is 2.46 bits per heavy atom. The smallest absolute Gasteiger partial charge is 0.335 e. The van der Waals surface area contributed by atoms with Gasteiger partial charge in [-0.3, -0.25) is 4.79 Å². The molecule has 68 valence electrons. The van der Waals surface area contributed by atoms with Crippen molar-refractivity contribution >= 4 is 12.3 Å². The van der Waals surface area contributed by atoms with Crippen molar-refractivity contribution < 1.29 is 14.7 Å². The van der Waals surface area contributed by atoms with Gasteiger partial charge in [0, 0.05) is 5.56 Å². The van der Waals surface area contributed by atoms with E-state index in [0.29, 0.717) is 17.4 Å². The highest BCUT2D eigenvalue weighted by molar-refractivity contribution is 5.92. The zero-order valence-electron chi connectivity index (χ0n) is 7.50. The molecule has 0 unspecified atom stereocenters. The fourth-order valence-electron chi connectivity index (χ4n) is 1.18. The second-order valence-electron chi connectivity index (χ2n) is 2.93. The standard InChI is InChI=1S/C10H10O3/c1-6-3-8(5-11)4-9(7(6)2)10(12)13/h3-5H,1-2H3,(H,12,13). The molecule has 0 radical (unpaired) electrons. The summed E-state index contributed by atoms with van der Waals surface area (Å²) in [4.78, 5) is 21.2. The number of aryl methyl sites for hydroxylation is 1. The third-order valence-corrected chi connectivity index (χ3v) is 2.06. The molecule has 0 bridgehead atoms.